The van der Waals surface area contributed by atoms with Crippen molar-refractivity contribution in [2.75, 3.05) is 36.1 Å². The minimum Gasteiger partial charge on any atom is -0.493 e. The standard InChI is InChI=1S/C20H24N2O5S/c1-26-18-10-5-15(13-19(18)27-2)14-20(23)21-16-6-8-17(9-7-16)22-11-3-4-12-28(22,24)25/h5-10,13H,3-4,11-12,14H2,1-2H3,(H,21,23). The molecule has 0 saturated carbocycles. The second kappa shape index (κ2) is 8.52. The smallest absolute Gasteiger partial charge is 0.235 e. The average Bonchev–Trinajstić information content (AvgIpc) is 2.68. The van der Waals surface area contributed by atoms with E-state index in [1.54, 1.807) is 50.6 Å². The van der Waals surface area contributed by atoms with Crippen LogP contribution in [-0.2, 0) is 21.2 Å². The minimum atomic E-state index is -3.24. The van der Waals surface area contributed by atoms with E-state index >= 15 is 0 Å². The van der Waals surface area contributed by atoms with E-state index in [1.807, 2.05) is 6.07 Å². The van der Waals surface area contributed by atoms with E-state index in [9.17, 15) is 13.2 Å². The fraction of sp³-hybridized carbons (Fsp3) is 0.350. The van der Waals surface area contributed by atoms with Gasteiger partial charge in [-0.25, -0.2) is 8.42 Å². The Morgan fingerprint density at radius 1 is 1.04 bits per heavy atom. The predicted molar refractivity (Wildman–Crippen MR) is 109 cm³/mol. The lowest BCUT2D eigenvalue weighted by Crippen LogP contribution is -2.37. The van der Waals surface area contributed by atoms with Crippen molar-refractivity contribution in [3.8, 4) is 11.5 Å². The molecule has 2 aromatic carbocycles. The molecule has 1 N–H and O–H groups in total. The van der Waals surface area contributed by atoms with Gasteiger partial charge in [-0.15, -0.1) is 0 Å². The van der Waals surface area contributed by atoms with Crippen LogP contribution < -0.4 is 19.1 Å². The molecule has 0 aromatic heterocycles. The minimum absolute atomic E-state index is 0.175. The van der Waals surface area contributed by atoms with Crippen LogP contribution >= 0.6 is 0 Å². The summed E-state index contributed by atoms with van der Waals surface area (Å²) in [6, 6.07) is 12.2. The molecule has 0 spiro atoms. The number of ether oxygens (including phenoxy) is 2. The molecule has 0 unspecified atom stereocenters. The first-order chi connectivity index (χ1) is 13.4. The van der Waals surface area contributed by atoms with Crippen LogP contribution in [0.5, 0.6) is 11.5 Å². The van der Waals surface area contributed by atoms with Crippen molar-refractivity contribution in [2.24, 2.45) is 0 Å². The molecule has 2 aromatic rings. The fourth-order valence-corrected chi connectivity index (χ4v) is 4.81. The number of amides is 1. The van der Waals surface area contributed by atoms with Crippen LogP contribution in [-0.4, -0.2) is 40.8 Å². The molecule has 8 heteroatoms. The fourth-order valence-electron chi connectivity index (χ4n) is 3.17. The summed E-state index contributed by atoms with van der Waals surface area (Å²) in [7, 11) is -0.136. The Hall–Kier alpha value is -2.74. The van der Waals surface area contributed by atoms with Gasteiger partial charge in [0.1, 0.15) is 0 Å². The van der Waals surface area contributed by atoms with Crippen LogP contribution in [0, 0.1) is 0 Å². The zero-order valence-electron chi connectivity index (χ0n) is 16.0. The Morgan fingerprint density at radius 2 is 1.75 bits per heavy atom. The molecule has 150 valence electrons. The molecular weight excluding hydrogens is 380 g/mol. The number of benzene rings is 2. The third-order valence-corrected chi connectivity index (χ3v) is 6.47. The molecule has 1 saturated heterocycles. The number of anilines is 2. The van der Waals surface area contributed by atoms with Crippen molar-refractivity contribution in [1.82, 2.24) is 0 Å². The highest BCUT2D eigenvalue weighted by molar-refractivity contribution is 7.92. The summed E-state index contributed by atoms with van der Waals surface area (Å²) >= 11 is 0. The monoisotopic (exact) mass is 404 g/mol. The number of sulfonamides is 1. The van der Waals surface area contributed by atoms with E-state index in [2.05, 4.69) is 5.32 Å². The van der Waals surface area contributed by atoms with Gasteiger partial charge in [0.25, 0.3) is 0 Å². The summed E-state index contributed by atoms with van der Waals surface area (Å²) < 4.78 is 36.3. The highest BCUT2D eigenvalue weighted by Crippen LogP contribution is 2.28. The maximum absolute atomic E-state index is 12.3. The lowest BCUT2D eigenvalue weighted by molar-refractivity contribution is -0.115. The molecule has 1 heterocycles. The van der Waals surface area contributed by atoms with E-state index in [0.717, 1.165) is 12.0 Å². The molecule has 1 fully saturated rings. The molecule has 28 heavy (non-hydrogen) atoms. The van der Waals surface area contributed by atoms with Crippen LogP contribution in [0.25, 0.3) is 0 Å². The highest BCUT2D eigenvalue weighted by atomic mass is 32.2. The molecule has 1 amide bonds. The number of carbonyl (C=O) groups is 1. The Bertz CT molecular complexity index is 942. The average molecular weight is 404 g/mol. The number of rotatable bonds is 6. The summed E-state index contributed by atoms with van der Waals surface area (Å²) in [5.41, 5.74) is 2.03. The normalized spacial score (nSPS) is 15.7. The molecule has 1 aliphatic rings. The van der Waals surface area contributed by atoms with Crippen molar-refractivity contribution in [3.05, 3.63) is 48.0 Å². The summed E-state index contributed by atoms with van der Waals surface area (Å²) in [5, 5.41) is 2.83. The van der Waals surface area contributed by atoms with Gasteiger partial charge in [-0.2, -0.15) is 0 Å². The van der Waals surface area contributed by atoms with Gasteiger partial charge in [0, 0.05) is 12.2 Å². The summed E-state index contributed by atoms with van der Waals surface area (Å²) in [6.07, 6.45) is 1.73. The topological polar surface area (TPSA) is 84.9 Å². The number of nitrogens with one attached hydrogen (secondary N) is 1. The Balaban J connectivity index is 1.65. The predicted octanol–water partition coefficient (Wildman–Crippen LogP) is 2.82. The van der Waals surface area contributed by atoms with Crippen molar-refractivity contribution in [3.63, 3.8) is 0 Å². The molecule has 0 bridgehead atoms. The van der Waals surface area contributed by atoms with E-state index in [4.69, 9.17) is 9.47 Å². The maximum atomic E-state index is 12.3. The van der Waals surface area contributed by atoms with Crippen LogP contribution in [0.3, 0.4) is 0 Å². The summed E-state index contributed by atoms with van der Waals surface area (Å²) in [6.45, 7) is 0.493. The summed E-state index contributed by atoms with van der Waals surface area (Å²) in [4.78, 5) is 12.3. The third-order valence-electron chi connectivity index (χ3n) is 4.60. The van der Waals surface area contributed by atoms with Crippen LogP contribution in [0.15, 0.2) is 42.5 Å². The van der Waals surface area contributed by atoms with Crippen LogP contribution in [0.2, 0.25) is 0 Å². The van der Waals surface area contributed by atoms with E-state index in [-0.39, 0.29) is 18.1 Å². The lowest BCUT2D eigenvalue weighted by Gasteiger charge is -2.28. The molecule has 3 rings (SSSR count). The van der Waals surface area contributed by atoms with Gasteiger partial charge in [-0.3, -0.25) is 9.10 Å². The number of hydrogen-bond donors (Lipinski definition) is 1. The SMILES string of the molecule is COc1ccc(CC(=O)Nc2ccc(N3CCCCS3(=O)=O)cc2)cc1OC. The molecule has 1 aliphatic heterocycles. The van der Waals surface area contributed by atoms with Crippen molar-refractivity contribution >= 4 is 27.3 Å². The van der Waals surface area contributed by atoms with Gasteiger partial charge in [-0.05, 0) is 54.8 Å². The van der Waals surface area contributed by atoms with E-state index in [1.165, 1.54) is 4.31 Å². The molecule has 0 atom stereocenters. The number of methoxy groups -OCH3 is 2. The van der Waals surface area contributed by atoms with Gasteiger partial charge in [0.2, 0.25) is 15.9 Å². The van der Waals surface area contributed by atoms with Crippen LogP contribution in [0.4, 0.5) is 11.4 Å². The Labute approximate surface area is 165 Å². The van der Waals surface area contributed by atoms with Gasteiger partial charge in [-0.1, -0.05) is 6.07 Å². The van der Waals surface area contributed by atoms with E-state index in [0.29, 0.717) is 35.8 Å². The Morgan fingerprint density at radius 3 is 2.39 bits per heavy atom. The van der Waals surface area contributed by atoms with Gasteiger partial charge >= 0.3 is 0 Å². The first kappa shape index (κ1) is 20.0. The van der Waals surface area contributed by atoms with Crippen molar-refractivity contribution in [2.45, 2.75) is 19.3 Å². The summed E-state index contributed by atoms with van der Waals surface area (Å²) in [5.74, 6) is 1.18. The number of nitrogens with zero attached hydrogens (tertiary/aromatic N) is 1. The quantitative estimate of drug-likeness (QED) is 0.800. The van der Waals surface area contributed by atoms with Gasteiger partial charge < -0.3 is 14.8 Å². The second-order valence-electron chi connectivity index (χ2n) is 6.56. The van der Waals surface area contributed by atoms with Crippen molar-refractivity contribution in [1.29, 1.82) is 0 Å². The first-order valence-electron chi connectivity index (χ1n) is 9.04. The Kier molecular flexibility index (Phi) is 6.08. The van der Waals surface area contributed by atoms with Gasteiger partial charge in [0.05, 0.1) is 32.1 Å². The molecule has 0 aliphatic carbocycles. The largest absolute Gasteiger partial charge is 0.493 e. The highest BCUT2D eigenvalue weighted by Gasteiger charge is 2.25. The van der Waals surface area contributed by atoms with Gasteiger partial charge in [0.15, 0.2) is 11.5 Å². The molecule has 0 radical (unpaired) electrons. The van der Waals surface area contributed by atoms with Crippen LogP contribution in [0.1, 0.15) is 18.4 Å². The molecule has 7 nitrogen and oxygen atoms in total. The first-order valence-corrected chi connectivity index (χ1v) is 10.6. The zero-order valence-corrected chi connectivity index (χ0v) is 16.8. The lowest BCUT2D eigenvalue weighted by atomic mass is 10.1. The van der Waals surface area contributed by atoms with Crippen molar-refractivity contribution < 1.29 is 22.7 Å². The molecular formula is C20H24N2O5S. The van der Waals surface area contributed by atoms with E-state index < -0.39 is 10.0 Å². The third kappa shape index (κ3) is 4.56. The second-order valence-corrected chi connectivity index (χ2v) is 8.57. The number of carbonyl (C=O) groups excluding carboxylic acids is 1. The number of hydrogen-bond acceptors (Lipinski definition) is 5. The maximum Gasteiger partial charge on any atom is 0.235 e. The zero-order chi connectivity index (χ0) is 20.1.